The Bertz CT molecular complexity index is 825. The number of phosphoric ester groups is 1. The van der Waals surface area contributed by atoms with Gasteiger partial charge in [0.15, 0.2) is 0 Å². The molecule has 0 spiro atoms. The molecule has 0 aliphatic carbocycles. The van der Waals surface area contributed by atoms with Gasteiger partial charge < -0.3 is 19.8 Å². The van der Waals surface area contributed by atoms with E-state index in [1.165, 1.54) is 57.8 Å². The van der Waals surface area contributed by atoms with Gasteiger partial charge in [0.05, 0.1) is 39.9 Å². The van der Waals surface area contributed by atoms with E-state index in [9.17, 15) is 19.4 Å². The van der Waals surface area contributed by atoms with Crippen molar-refractivity contribution in [1.82, 2.24) is 5.32 Å². The molecule has 0 aliphatic rings. The maximum absolute atomic E-state index is 12.7. The molecule has 1 amide bonds. The maximum Gasteiger partial charge on any atom is 0.472 e. The Labute approximate surface area is 270 Å². The van der Waals surface area contributed by atoms with Crippen molar-refractivity contribution < 1.29 is 32.9 Å². The number of amides is 1. The van der Waals surface area contributed by atoms with Gasteiger partial charge in [0.25, 0.3) is 0 Å². The molecule has 9 heteroatoms. The molecule has 8 nitrogen and oxygen atoms in total. The molecule has 0 radical (unpaired) electrons. The molecule has 0 fully saturated rings. The Morgan fingerprint density at radius 3 is 1.86 bits per heavy atom. The first-order valence-electron chi connectivity index (χ1n) is 17.4. The second-order valence-corrected chi connectivity index (χ2v) is 14.3. The van der Waals surface area contributed by atoms with Gasteiger partial charge in [-0.25, -0.2) is 4.57 Å². The first-order chi connectivity index (χ1) is 21.0. The minimum absolute atomic E-state index is 0.0536. The highest BCUT2D eigenvalue weighted by molar-refractivity contribution is 7.47. The predicted octanol–water partition coefficient (Wildman–Crippen LogP) is 8.40. The molecule has 0 aromatic carbocycles. The summed E-state index contributed by atoms with van der Waals surface area (Å²) in [5.41, 5.74) is 0. The smallest absolute Gasteiger partial charge is 0.387 e. The summed E-state index contributed by atoms with van der Waals surface area (Å²) in [7, 11) is 1.54. The summed E-state index contributed by atoms with van der Waals surface area (Å²) in [6.45, 7) is 4.68. The third-order valence-corrected chi connectivity index (χ3v) is 8.32. The molecule has 0 bridgehead atoms. The van der Waals surface area contributed by atoms with Crippen LogP contribution in [0.5, 0.6) is 0 Å². The van der Waals surface area contributed by atoms with Crippen molar-refractivity contribution in [3.63, 3.8) is 0 Å². The number of aliphatic hydroxyl groups is 1. The van der Waals surface area contributed by atoms with Crippen LogP contribution in [0.1, 0.15) is 129 Å². The third-order valence-electron chi connectivity index (χ3n) is 7.33. The number of hydrogen-bond donors (Lipinski definition) is 3. The third kappa shape index (κ3) is 29.4. The second-order valence-electron chi connectivity index (χ2n) is 12.9. The number of rotatable bonds is 30. The monoisotopic (exact) mass is 643 g/mol. The van der Waals surface area contributed by atoms with Crippen molar-refractivity contribution in [1.29, 1.82) is 0 Å². The van der Waals surface area contributed by atoms with Crippen LogP contribution >= 0.6 is 7.82 Å². The molecule has 0 rings (SSSR count). The zero-order valence-corrected chi connectivity index (χ0v) is 29.8. The number of aliphatic hydroxyl groups excluding tert-OH is 1. The standard InChI is InChI=1S/C35H67N2O6P/c1-6-8-10-12-14-16-17-18-19-21-23-25-27-29-35(39)36-33(32-43-44(40,41)42-31-30-37(3,4)5)34(38)28-26-24-22-20-15-13-11-9-7-2/h15-17,20,26,28,33-34,38H,6-14,18-19,21-25,27,29-32H2,1-5H3,(H-,36,39,40,41)/p+1/b17-16-,20-15+,28-26+. The lowest BCUT2D eigenvalue weighted by Gasteiger charge is -2.25. The van der Waals surface area contributed by atoms with Crippen molar-refractivity contribution >= 4 is 13.7 Å². The van der Waals surface area contributed by atoms with E-state index in [2.05, 4.69) is 43.5 Å². The SMILES string of the molecule is CCCCC/C=C/CC/C=C/C(O)C(COP(=O)(O)OCC[N+](C)(C)C)NC(=O)CCCCCCC/C=C\CCCCCC. The lowest BCUT2D eigenvalue weighted by atomic mass is 10.1. The van der Waals surface area contributed by atoms with Crippen LogP contribution in [0.4, 0.5) is 0 Å². The van der Waals surface area contributed by atoms with Crippen LogP contribution in [0.2, 0.25) is 0 Å². The Hall–Kier alpha value is -1.28. The van der Waals surface area contributed by atoms with Crippen molar-refractivity contribution in [3.8, 4) is 0 Å². The van der Waals surface area contributed by atoms with Gasteiger partial charge in [0, 0.05) is 6.42 Å². The maximum atomic E-state index is 12.7. The molecule has 3 N–H and O–H groups in total. The largest absolute Gasteiger partial charge is 0.472 e. The van der Waals surface area contributed by atoms with Crippen LogP contribution < -0.4 is 5.32 Å². The molecule has 0 saturated carbocycles. The van der Waals surface area contributed by atoms with Crippen molar-refractivity contribution in [2.24, 2.45) is 0 Å². The Morgan fingerprint density at radius 1 is 0.750 bits per heavy atom. The van der Waals surface area contributed by atoms with E-state index in [1.807, 2.05) is 27.2 Å². The highest BCUT2D eigenvalue weighted by Gasteiger charge is 2.27. The van der Waals surface area contributed by atoms with Gasteiger partial charge in [-0.05, 0) is 57.8 Å². The number of carbonyl (C=O) groups excluding carboxylic acids is 1. The minimum atomic E-state index is -4.33. The molecule has 0 saturated heterocycles. The summed E-state index contributed by atoms with van der Waals surface area (Å²) in [6, 6.07) is -0.862. The summed E-state index contributed by atoms with van der Waals surface area (Å²) in [6.07, 6.45) is 30.7. The van der Waals surface area contributed by atoms with Crippen molar-refractivity contribution in [2.75, 3.05) is 40.9 Å². The van der Waals surface area contributed by atoms with E-state index in [-0.39, 0.29) is 19.1 Å². The number of carbonyl (C=O) groups is 1. The number of unbranched alkanes of at least 4 members (excludes halogenated alkanes) is 13. The van der Waals surface area contributed by atoms with Crippen LogP contribution in [0.15, 0.2) is 36.5 Å². The van der Waals surface area contributed by atoms with Crippen LogP contribution in [-0.4, -0.2) is 73.4 Å². The van der Waals surface area contributed by atoms with Crippen LogP contribution in [-0.2, 0) is 18.4 Å². The lowest BCUT2D eigenvalue weighted by molar-refractivity contribution is -0.870. The zero-order valence-electron chi connectivity index (χ0n) is 28.9. The Balaban J connectivity index is 4.63. The van der Waals surface area contributed by atoms with E-state index in [1.54, 1.807) is 6.08 Å². The van der Waals surface area contributed by atoms with E-state index >= 15 is 0 Å². The van der Waals surface area contributed by atoms with E-state index in [0.717, 1.165) is 51.4 Å². The summed E-state index contributed by atoms with van der Waals surface area (Å²) < 4.78 is 23.3. The molecule has 258 valence electrons. The fourth-order valence-electron chi connectivity index (χ4n) is 4.46. The summed E-state index contributed by atoms with van der Waals surface area (Å²) in [5, 5.41) is 13.6. The first kappa shape index (κ1) is 42.7. The quantitative estimate of drug-likeness (QED) is 0.0314. The number of quaternary nitrogens is 1. The lowest BCUT2D eigenvalue weighted by Crippen LogP contribution is -2.45. The topological polar surface area (TPSA) is 105 Å². The van der Waals surface area contributed by atoms with E-state index in [0.29, 0.717) is 17.4 Å². The van der Waals surface area contributed by atoms with Crippen molar-refractivity contribution in [3.05, 3.63) is 36.5 Å². The molecule has 3 unspecified atom stereocenters. The highest BCUT2D eigenvalue weighted by atomic mass is 31.2. The fourth-order valence-corrected chi connectivity index (χ4v) is 5.20. The molecular formula is C35H68N2O6P+. The summed E-state index contributed by atoms with van der Waals surface area (Å²) in [4.78, 5) is 22.8. The number of nitrogens with zero attached hydrogens (tertiary/aromatic N) is 1. The average Bonchev–Trinajstić information content (AvgIpc) is 2.95. The van der Waals surface area contributed by atoms with Gasteiger partial charge in [-0.1, -0.05) is 102 Å². The number of allylic oxidation sites excluding steroid dienone is 5. The Morgan fingerprint density at radius 2 is 1.25 bits per heavy atom. The molecule has 3 atom stereocenters. The summed E-state index contributed by atoms with van der Waals surface area (Å²) >= 11 is 0. The van der Waals surface area contributed by atoms with Gasteiger partial charge >= 0.3 is 7.82 Å². The minimum Gasteiger partial charge on any atom is -0.387 e. The summed E-state index contributed by atoms with van der Waals surface area (Å²) in [5.74, 6) is -0.203. The highest BCUT2D eigenvalue weighted by Crippen LogP contribution is 2.43. The van der Waals surface area contributed by atoms with Crippen molar-refractivity contribution in [2.45, 2.75) is 142 Å². The molecule has 0 aliphatic heterocycles. The van der Waals surface area contributed by atoms with E-state index < -0.39 is 20.0 Å². The van der Waals surface area contributed by atoms with Gasteiger partial charge in [-0.15, -0.1) is 0 Å². The van der Waals surface area contributed by atoms with Gasteiger partial charge in [0.1, 0.15) is 13.2 Å². The number of hydrogen-bond acceptors (Lipinski definition) is 5. The molecule has 0 heterocycles. The molecule has 0 aromatic heterocycles. The van der Waals surface area contributed by atoms with Gasteiger partial charge in [0.2, 0.25) is 5.91 Å². The second kappa shape index (κ2) is 28.0. The van der Waals surface area contributed by atoms with E-state index in [4.69, 9.17) is 9.05 Å². The Kier molecular flexibility index (Phi) is 27.2. The normalized spacial score (nSPS) is 15.3. The number of phosphoric acid groups is 1. The molecule has 44 heavy (non-hydrogen) atoms. The fraction of sp³-hybridized carbons (Fsp3) is 0.800. The van der Waals surface area contributed by atoms with Gasteiger partial charge in [-0.3, -0.25) is 13.8 Å². The number of nitrogens with one attached hydrogen (secondary N) is 1. The number of likely N-dealkylation sites (N-methyl/N-ethyl adjacent to an activating group) is 1. The van der Waals surface area contributed by atoms with Gasteiger partial charge in [-0.2, -0.15) is 0 Å². The van der Waals surface area contributed by atoms with Crippen LogP contribution in [0.25, 0.3) is 0 Å². The molecule has 0 aromatic rings. The van der Waals surface area contributed by atoms with Crippen LogP contribution in [0.3, 0.4) is 0 Å². The average molecular weight is 644 g/mol. The first-order valence-corrected chi connectivity index (χ1v) is 18.9. The van der Waals surface area contributed by atoms with Crippen LogP contribution in [0, 0.1) is 0 Å². The zero-order chi connectivity index (χ0) is 32.9. The predicted molar refractivity (Wildman–Crippen MR) is 184 cm³/mol. The molecular weight excluding hydrogens is 575 g/mol.